The Balaban J connectivity index is 2.76. The van der Waals surface area contributed by atoms with E-state index in [4.69, 9.17) is 0 Å². The fourth-order valence-corrected chi connectivity index (χ4v) is 0.951. The molecule has 0 unspecified atom stereocenters. The van der Waals surface area contributed by atoms with Crippen molar-refractivity contribution in [1.29, 1.82) is 0 Å². The van der Waals surface area contributed by atoms with E-state index in [9.17, 15) is 4.39 Å². The van der Waals surface area contributed by atoms with E-state index in [0.29, 0.717) is 12.0 Å². The van der Waals surface area contributed by atoms with Gasteiger partial charge >= 0.3 is 0 Å². The second-order valence-corrected chi connectivity index (χ2v) is 2.45. The van der Waals surface area contributed by atoms with Crippen LogP contribution in [-0.4, -0.2) is 0 Å². The van der Waals surface area contributed by atoms with Gasteiger partial charge in [0, 0.05) is 6.42 Å². The molecule has 1 heteroatoms. The van der Waals surface area contributed by atoms with Crippen LogP contribution in [-0.2, 0) is 6.42 Å². The van der Waals surface area contributed by atoms with Gasteiger partial charge in [-0.2, -0.15) is 0 Å². The van der Waals surface area contributed by atoms with E-state index < -0.39 is 0 Å². The van der Waals surface area contributed by atoms with Gasteiger partial charge in [-0.05, 0) is 30.7 Å². The highest BCUT2D eigenvalue weighted by Gasteiger charge is 1.95. The minimum Gasteiger partial charge on any atom is -0.207 e. The molecule has 0 N–H and O–H groups in total. The van der Waals surface area contributed by atoms with Gasteiger partial charge in [-0.3, -0.25) is 0 Å². The number of hydrogen-bond donors (Lipinski definition) is 0. The molecule has 1 aromatic rings. The van der Waals surface area contributed by atoms with E-state index in [1.807, 2.05) is 19.1 Å². The molecule has 0 nitrogen and oxygen atoms in total. The van der Waals surface area contributed by atoms with Crippen LogP contribution in [0, 0.1) is 5.82 Å². The Hall–Kier alpha value is -1.33. The Bertz CT molecular complexity index is 307. The fourth-order valence-electron chi connectivity index (χ4n) is 0.951. The molecule has 0 aromatic heterocycles. The Morgan fingerprint density at radius 1 is 1.42 bits per heavy atom. The van der Waals surface area contributed by atoms with E-state index in [2.05, 4.69) is 5.73 Å². The van der Waals surface area contributed by atoms with E-state index >= 15 is 0 Å². The minimum absolute atomic E-state index is 0.147. The summed E-state index contributed by atoms with van der Waals surface area (Å²) < 4.78 is 13.0. The fraction of sp³-hybridized carbons (Fsp3) is 0.182. The first-order chi connectivity index (χ1) is 5.84. The molecule has 0 fully saturated rings. The van der Waals surface area contributed by atoms with Crippen molar-refractivity contribution in [3.8, 4) is 0 Å². The molecule has 0 aliphatic carbocycles. The Labute approximate surface area is 72.0 Å². The first kappa shape index (κ1) is 8.76. The lowest BCUT2D eigenvalue weighted by molar-refractivity contribution is 0.615. The predicted molar refractivity (Wildman–Crippen MR) is 48.4 cm³/mol. The van der Waals surface area contributed by atoms with Crippen LogP contribution in [0.25, 0.3) is 0 Å². The normalized spacial score (nSPS) is 8.83. The summed E-state index contributed by atoms with van der Waals surface area (Å²) in [5.74, 6) is -0.147. The number of allylic oxidation sites excluding steroid dienone is 1. The number of hydrogen-bond acceptors (Lipinski definition) is 0. The van der Waals surface area contributed by atoms with Crippen LogP contribution in [0.3, 0.4) is 0 Å². The van der Waals surface area contributed by atoms with Crippen molar-refractivity contribution >= 4 is 0 Å². The lowest BCUT2D eigenvalue weighted by atomic mass is 10.1. The Kier molecular flexibility index (Phi) is 3.31. The van der Waals surface area contributed by atoms with Crippen molar-refractivity contribution in [2.24, 2.45) is 0 Å². The lowest BCUT2D eigenvalue weighted by Gasteiger charge is -1.95. The van der Waals surface area contributed by atoms with Gasteiger partial charge in [-0.1, -0.05) is 18.2 Å². The Morgan fingerprint density at radius 2 is 2.17 bits per heavy atom. The van der Waals surface area contributed by atoms with Crippen molar-refractivity contribution in [2.45, 2.75) is 13.3 Å². The summed E-state index contributed by atoms with van der Waals surface area (Å²) in [6.07, 6.45) is 4.23. The summed E-state index contributed by atoms with van der Waals surface area (Å²) >= 11 is 0. The molecule has 0 spiro atoms. The molecule has 0 heterocycles. The van der Waals surface area contributed by atoms with Crippen LogP contribution in [0.2, 0.25) is 0 Å². The summed E-state index contributed by atoms with van der Waals surface area (Å²) in [7, 11) is 0. The molecule has 0 saturated carbocycles. The maximum absolute atomic E-state index is 13.0. The van der Waals surface area contributed by atoms with Gasteiger partial charge in [-0.15, -0.1) is 5.73 Å². The zero-order valence-electron chi connectivity index (χ0n) is 7.05. The van der Waals surface area contributed by atoms with Crippen LogP contribution in [0.1, 0.15) is 12.5 Å². The molecule has 0 atom stereocenters. The number of rotatable bonds is 2. The maximum Gasteiger partial charge on any atom is 0.126 e. The van der Waals surface area contributed by atoms with E-state index in [1.54, 1.807) is 18.2 Å². The van der Waals surface area contributed by atoms with Crippen molar-refractivity contribution in [2.75, 3.05) is 0 Å². The Morgan fingerprint density at radius 3 is 2.83 bits per heavy atom. The zero-order valence-corrected chi connectivity index (χ0v) is 7.05. The molecule has 0 aliphatic heterocycles. The standard InChI is InChI=1S/C11H11F/c1-2-3-4-7-10-8-5-6-9-11(10)12/h2,4-6,8-9H,7H2,1H3. The summed E-state index contributed by atoms with van der Waals surface area (Å²) in [4.78, 5) is 0. The van der Waals surface area contributed by atoms with Crippen LogP contribution >= 0.6 is 0 Å². The third kappa shape index (κ3) is 2.37. The third-order valence-corrected chi connectivity index (χ3v) is 1.56. The molecule has 0 saturated heterocycles. The highest BCUT2D eigenvalue weighted by atomic mass is 19.1. The largest absolute Gasteiger partial charge is 0.207 e. The molecule has 0 bridgehead atoms. The second kappa shape index (κ2) is 4.53. The molecule has 62 valence electrons. The van der Waals surface area contributed by atoms with Gasteiger partial charge in [0.25, 0.3) is 0 Å². The zero-order chi connectivity index (χ0) is 8.81. The summed E-state index contributed by atoms with van der Waals surface area (Å²) in [5, 5.41) is 0. The second-order valence-electron chi connectivity index (χ2n) is 2.45. The number of benzene rings is 1. The highest BCUT2D eigenvalue weighted by molar-refractivity contribution is 5.19. The maximum atomic E-state index is 13.0. The average Bonchev–Trinajstić information content (AvgIpc) is 2.09. The number of halogens is 1. The monoisotopic (exact) mass is 162 g/mol. The SMILES string of the molecule is CC=C=CCc1ccccc1F. The van der Waals surface area contributed by atoms with Crippen molar-refractivity contribution in [3.63, 3.8) is 0 Å². The third-order valence-electron chi connectivity index (χ3n) is 1.56. The van der Waals surface area contributed by atoms with Gasteiger partial charge in [0.05, 0.1) is 0 Å². The summed E-state index contributed by atoms with van der Waals surface area (Å²) in [6.45, 7) is 1.89. The highest BCUT2D eigenvalue weighted by Crippen LogP contribution is 2.06. The van der Waals surface area contributed by atoms with Crippen LogP contribution in [0.5, 0.6) is 0 Å². The van der Waals surface area contributed by atoms with Gasteiger partial charge in [0.2, 0.25) is 0 Å². The topological polar surface area (TPSA) is 0 Å². The molecule has 12 heavy (non-hydrogen) atoms. The minimum atomic E-state index is -0.147. The molecule has 0 aliphatic rings. The van der Waals surface area contributed by atoms with Gasteiger partial charge in [0.15, 0.2) is 0 Å². The van der Waals surface area contributed by atoms with Crippen molar-refractivity contribution < 1.29 is 4.39 Å². The van der Waals surface area contributed by atoms with E-state index in [1.165, 1.54) is 6.07 Å². The van der Waals surface area contributed by atoms with Crippen molar-refractivity contribution in [1.82, 2.24) is 0 Å². The molecule has 0 amide bonds. The molecular formula is C11H11F. The molecule has 1 rings (SSSR count). The van der Waals surface area contributed by atoms with Crippen LogP contribution < -0.4 is 0 Å². The average molecular weight is 162 g/mol. The predicted octanol–water partition coefficient (Wildman–Crippen LogP) is 3.10. The van der Waals surface area contributed by atoms with Crippen LogP contribution in [0.4, 0.5) is 4.39 Å². The first-order valence-electron chi connectivity index (χ1n) is 3.93. The first-order valence-corrected chi connectivity index (χ1v) is 3.93. The van der Waals surface area contributed by atoms with Gasteiger partial charge in [0.1, 0.15) is 5.82 Å². The summed E-state index contributed by atoms with van der Waals surface area (Å²) in [5.41, 5.74) is 3.62. The van der Waals surface area contributed by atoms with Gasteiger partial charge < -0.3 is 0 Å². The van der Waals surface area contributed by atoms with Crippen LogP contribution in [0.15, 0.2) is 42.1 Å². The van der Waals surface area contributed by atoms with E-state index in [0.717, 1.165) is 0 Å². The summed E-state index contributed by atoms with van der Waals surface area (Å²) in [6, 6.07) is 6.78. The van der Waals surface area contributed by atoms with E-state index in [-0.39, 0.29) is 5.82 Å². The van der Waals surface area contributed by atoms with Gasteiger partial charge in [-0.25, -0.2) is 4.39 Å². The molecular weight excluding hydrogens is 151 g/mol. The van der Waals surface area contributed by atoms with Crippen molar-refractivity contribution in [3.05, 3.63) is 53.5 Å². The smallest absolute Gasteiger partial charge is 0.126 e. The molecule has 1 aromatic carbocycles. The lowest BCUT2D eigenvalue weighted by Crippen LogP contribution is -1.85. The molecule has 0 radical (unpaired) electrons. The quantitative estimate of drug-likeness (QED) is 0.586.